The number of carbonyl (C=O) groups is 1. The molecule has 0 aliphatic heterocycles. The van der Waals surface area contributed by atoms with Crippen LogP contribution in [0.25, 0.3) is 0 Å². The van der Waals surface area contributed by atoms with Gasteiger partial charge in [0, 0.05) is 37.5 Å². The number of rotatable bonds is 6. The number of aromatic amines is 1. The Hall–Kier alpha value is -1.88. The maximum atomic E-state index is 12.6. The zero-order chi connectivity index (χ0) is 16.0. The van der Waals surface area contributed by atoms with E-state index in [2.05, 4.69) is 4.98 Å². The van der Waals surface area contributed by atoms with E-state index < -0.39 is 0 Å². The van der Waals surface area contributed by atoms with Gasteiger partial charge < -0.3 is 14.6 Å². The van der Waals surface area contributed by atoms with Crippen LogP contribution in [-0.4, -0.2) is 42.6 Å². The monoisotopic (exact) mass is 292 g/mol. The highest BCUT2D eigenvalue weighted by molar-refractivity contribution is 5.94. The molecule has 0 spiro atoms. The number of nitrogens with zero attached hydrogens (tertiary/aromatic N) is 1. The number of methoxy groups -OCH3 is 1. The molecule has 0 bridgehead atoms. The lowest BCUT2D eigenvalue weighted by atomic mass is 10.1. The van der Waals surface area contributed by atoms with E-state index in [4.69, 9.17) is 4.74 Å². The number of pyridine rings is 1. The van der Waals surface area contributed by atoms with E-state index in [1.807, 2.05) is 20.8 Å². The predicted molar refractivity (Wildman–Crippen MR) is 83.6 cm³/mol. The number of allylic oxidation sites excluding steroid dienone is 1. The number of nitrogens with one attached hydrogen (secondary N) is 1. The van der Waals surface area contributed by atoms with Crippen LogP contribution < -0.4 is 5.56 Å². The van der Waals surface area contributed by atoms with Gasteiger partial charge in [-0.2, -0.15) is 0 Å². The Morgan fingerprint density at radius 1 is 1.29 bits per heavy atom. The third-order valence-electron chi connectivity index (χ3n) is 3.36. The van der Waals surface area contributed by atoms with Gasteiger partial charge in [0.2, 0.25) is 5.56 Å². The third-order valence-corrected chi connectivity index (χ3v) is 3.36. The standard InChI is InChI=1S/C16H24N2O3/c1-11(2)12(3)10-18(6-7-21-5)16(20)14-8-13(4)17-15(19)9-14/h8-9H,6-7,10H2,1-5H3,(H,17,19). The van der Waals surface area contributed by atoms with Crippen molar-refractivity contribution in [3.8, 4) is 0 Å². The molecule has 1 rings (SSSR count). The molecule has 5 heteroatoms. The van der Waals surface area contributed by atoms with Crippen molar-refractivity contribution in [3.63, 3.8) is 0 Å². The fraction of sp³-hybridized carbons (Fsp3) is 0.500. The van der Waals surface area contributed by atoms with Crippen LogP contribution in [0.2, 0.25) is 0 Å². The van der Waals surface area contributed by atoms with E-state index >= 15 is 0 Å². The van der Waals surface area contributed by atoms with Gasteiger partial charge in [0.05, 0.1) is 6.61 Å². The minimum Gasteiger partial charge on any atom is -0.383 e. The minimum atomic E-state index is -0.260. The van der Waals surface area contributed by atoms with Crippen molar-refractivity contribution in [3.05, 3.63) is 44.9 Å². The molecule has 116 valence electrons. The molecular formula is C16H24N2O3. The topological polar surface area (TPSA) is 62.4 Å². The second-order valence-electron chi connectivity index (χ2n) is 5.42. The number of amides is 1. The molecule has 1 heterocycles. The van der Waals surface area contributed by atoms with Crippen LogP contribution in [0.1, 0.15) is 36.8 Å². The Kier molecular flexibility index (Phi) is 6.37. The zero-order valence-electron chi connectivity index (χ0n) is 13.4. The van der Waals surface area contributed by atoms with Gasteiger partial charge in [0.1, 0.15) is 0 Å². The summed E-state index contributed by atoms with van der Waals surface area (Å²) in [5.41, 5.74) is 3.16. The van der Waals surface area contributed by atoms with Gasteiger partial charge in [-0.3, -0.25) is 9.59 Å². The summed E-state index contributed by atoms with van der Waals surface area (Å²) in [6.07, 6.45) is 0. The van der Waals surface area contributed by atoms with E-state index in [9.17, 15) is 9.59 Å². The fourth-order valence-electron chi connectivity index (χ4n) is 1.89. The van der Waals surface area contributed by atoms with Crippen molar-refractivity contribution in [1.29, 1.82) is 0 Å². The maximum Gasteiger partial charge on any atom is 0.254 e. The third kappa shape index (κ3) is 5.19. The molecule has 0 saturated carbocycles. The van der Waals surface area contributed by atoms with Crippen LogP contribution in [0.3, 0.4) is 0 Å². The van der Waals surface area contributed by atoms with Gasteiger partial charge in [-0.1, -0.05) is 11.1 Å². The number of hydrogen-bond acceptors (Lipinski definition) is 3. The average Bonchev–Trinajstić information content (AvgIpc) is 2.41. The molecule has 1 aromatic rings. The highest BCUT2D eigenvalue weighted by Crippen LogP contribution is 2.09. The molecule has 21 heavy (non-hydrogen) atoms. The van der Waals surface area contributed by atoms with Crippen molar-refractivity contribution in [2.24, 2.45) is 0 Å². The molecule has 1 aromatic heterocycles. The lowest BCUT2D eigenvalue weighted by Gasteiger charge is -2.23. The summed E-state index contributed by atoms with van der Waals surface area (Å²) in [7, 11) is 1.60. The second kappa shape index (κ2) is 7.78. The first-order valence-corrected chi connectivity index (χ1v) is 6.97. The van der Waals surface area contributed by atoms with E-state index in [-0.39, 0.29) is 11.5 Å². The highest BCUT2D eigenvalue weighted by atomic mass is 16.5. The van der Waals surface area contributed by atoms with Crippen LogP contribution in [0, 0.1) is 6.92 Å². The van der Waals surface area contributed by atoms with Gasteiger partial charge in [0.15, 0.2) is 0 Å². The van der Waals surface area contributed by atoms with Crippen LogP contribution in [0.4, 0.5) is 0 Å². The number of aryl methyl sites for hydroxylation is 1. The summed E-state index contributed by atoms with van der Waals surface area (Å²) < 4.78 is 5.07. The van der Waals surface area contributed by atoms with E-state index in [1.165, 1.54) is 11.6 Å². The Morgan fingerprint density at radius 2 is 1.95 bits per heavy atom. The van der Waals surface area contributed by atoms with Crippen LogP contribution in [0.5, 0.6) is 0 Å². The number of ether oxygens (including phenoxy) is 1. The molecule has 1 amide bonds. The van der Waals surface area contributed by atoms with Gasteiger partial charge in [-0.25, -0.2) is 0 Å². The second-order valence-corrected chi connectivity index (χ2v) is 5.42. The number of carbonyl (C=O) groups excluding carboxylic acids is 1. The Labute approximate surface area is 125 Å². The normalized spacial score (nSPS) is 10.3. The molecule has 0 atom stereocenters. The largest absolute Gasteiger partial charge is 0.383 e. The first-order valence-electron chi connectivity index (χ1n) is 6.97. The summed E-state index contributed by atoms with van der Waals surface area (Å²) in [5.74, 6) is -0.151. The van der Waals surface area contributed by atoms with Crippen molar-refractivity contribution in [1.82, 2.24) is 9.88 Å². The maximum absolute atomic E-state index is 12.6. The quantitative estimate of drug-likeness (QED) is 0.817. The van der Waals surface area contributed by atoms with Crippen molar-refractivity contribution >= 4 is 5.91 Å². The summed E-state index contributed by atoms with van der Waals surface area (Å²) >= 11 is 0. The number of aromatic nitrogens is 1. The average molecular weight is 292 g/mol. The molecular weight excluding hydrogens is 268 g/mol. The lowest BCUT2D eigenvalue weighted by Crippen LogP contribution is -2.36. The highest BCUT2D eigenvalue weighted by Gasteiger charge is 2.17. The predicted octanol–water partition coefficient (Wildman–Crippen LogP) is 2.13. The summed E-state index contributed by atoms with van der Waals surface area (Å²) in [4.78, 5) is 28.5. The molecule has 5 nitrogen and oxygen atoms in total. The Balaban J connectivity index is 3.04. The molecule has 0 radical (unpaired) electrons. The number of hydrogen-bond donors (Lipinski definition) is 1. The molecule has 1 N–H and O–H groups in total. The lowest BCUT2D eigenvalue weighted by molar-refractivity contribution is 0.0712. The molecule has 0 aromatic carbocycles. The van der Waals surface area contributed by atoms with Gasteiger partial charge in [0.25, 0.3) is 5.91 Å². The van der Waals surface area contributed by atoms with Gasteiger partial charge in [-0.05, 0) is 33.8 Å². The Morgan fingerprint density at radius 3 is 2.48 bits per heavy atom. The first-order chi connectivity index (χ1) is 9.85. The van der Waals surface area contributed by atoms with Gasteiger partial charge in [-0.15, -0.1) is 0 Å². The van der Waals surface area contributed by atoms with E-state index in [0.29, 0.717) is 31.0 Å². The van der Waals surface area contributed by atoms with Crippen molar-refractivity contribution in [2.45, 2.75) is 27.7 Å². The van der Waals surface area contributed by atoms with E-state index in [1.54, 1.807) is 25.0 Å². The number of H-pyrrole nitrogens is 1. The van der Waals surface area contributed by atoms with Crippen molar-refractivity contribution < 1.29 is 9.53 Å². The summed E-state index contributed by atoms with van der Waals surface area (Å²) in [5, 5.41) is 0. The molecule has 0 fully saturated rings. The molecule has 0 aliphatic rings. The zero-order valence-corrected chi connectivity index (χ0v) is 13.4. The molecule has 0 saturated heterocycles. The van der Waals surface area contributed by atoms with E-state index in [0.717, 1.165) is 5.57 Å². The first kappa shape index (κ1) is 17.2. The fourth-order valence-corrected chi connectivity index (χ4v) is 1.89. The van der Waals surface area contributed by atoms with Crippen molar-refractivity contribution in [2.75, 3.05) is 26.8 Å². The molecule has 0 aliphatic carbocycles. The summed E-state index contributed by atoms with van der Waals surface area (Å²) in [6, 6.07) is 3.04. The summed E-state index contributed by atoms with van der Waals surface area (Å²) in [6.45, 7) is 9.30. The minimum absolute atomic E-state index is 0.151. The molecule has 0 unspecified atom stereocenters. The van der Waals surface area contributed by atoms with Crippen LogP contribution >= 0.6 is 0 Å². The van der Waals surface area contributed by atoms with Crippen LogP contribution in [-0.2, 0) is 4.74 Å². The van der Waals surface area contributed by atoms with Gasteiger partial charge >= 0.3 is 0 Å². The SMILES string of the molecule is COCCN(CC(C)=C(C)C)C(=O)c1cc(C)[nH]c(=O)c1. The van der Waals surface area contributed by atoms with Crippen LogP contribution in [0.15, 0.2) is 28.1 Å². The Bertz CT molecular complexity index is 583. The smallest absolute Gasteiger partial charge is 0.254 e.